The minimum absolute atomic E-state index is 0.218. The SMILES string of the molecule is CN=P(N=P(N=[P+](OCC(F)(F)F)OCC(F)(F)F)(OCC(F)(F)F)OCC(F)(F)F)(OCC(F)(F)F)OCC(F)(F)F. The van der Waals surface area contributed by atoms with Gasteiger partial charge in [0.2, 0.25) is 0 Å². The fourth-order valence-corrected chi connectivity index (χ4v) is 8.16. The van der Waals surface area contributed by atoms with E-state index in [0.29, 0.717) is 0 Å². The van der Waals surface area contributed by atoms with E-state index in [0.717, 1.165) is 0 Å². The summed E-state index contributed by atoms with van der Waals surface area (Å²) in [5, 5.41) is 0. The van der Waals surface area contributed by atoms with E-state index in [4.69, 9.17) is 0 Å². The average Bonchev–Trinajstić information content (AvgIpc) is 2.77. The lowest BCUT2D eigenvalue weighted by Crippen LogP contribution is -2.21. The van der Waals surface area contributed by atoms with Crippen LogP contribution in [0.25, 0.3) is 0 Å². The van der Waals surface area contributed by atoms with Crippen molar-refractivity contribution < 1.29 is 106 Å². The summed E-state index contributed by atoms with van der Waals surface area (Å²) in [6.45, 7) is -16.6. The van der Waals surface area contributed by atoms with Crippen molar-refractivity contribution in [2.45, 2.75) is 37.1 Å². The number of hydrogen-bond acceptors (Lipinski definition) is 7. The Labute approximate surface area is 228 Å². The smallest absolute Gasteiger partial charge is 0.297 e. The van der Waals surface area contributed by atoms with Crippen molar-refractivity contribution >= 4 is 23.5 Å². The normalized spacial score (nSPS) is 14.6. The number of rotatable bonds is 14. The lowest BCUT2D eigenvalue weighted by Gasteiger charge is -2.25. The first-order valence-corrected chi connectivity index (χ1v) is 14.0. The van der Waals surface area contributed by atoms with Gasteiger partial charge in [-0.2, -0.15) is 79.0 Å². The van der Waals surface area contributed by atoms with E-state index in [1.54, 1.807) is 0 Å². The van der Waals surface area contributed by atoms with Gasteiger partial charge in [-0.1, -0.05) is 0 Å². The maximum absolute atomic E-state index is 12.9. The molecule has 0 unspecified atom stereocenters. The van der Waals surface area contributed by atoms with Gasteiger partial charge < -0.3 is 0 Å². The van der Waals surface area contributed by atoms with Crippen LogP contribution in [0.5, 0.6) is 0 Å². The number of hydrogen-bond donors (Lipinski definition) is 0. The molecule has 0 aliphatic heterocycles. The fraction of sp³-hybridized carbons (Fsp3) is 1.00. The van der Waals surface area contributed by atoms with Crippen LogP contribution in [0.1, 0.15) is 0 Å². The Morgan fingerprint density at radius 2 is 0.698 bits per heavy atom. The van der Waals surface area contributed by atoms with Gasteiger partial charge in [0.05, 0.1) is 4.52 Å². The molecule has 0 aromatic heterocycles. The summed E-state index contributed by atoms with van der Waals surface area (Å²) in [5.74, 6) is 0. The molecular weight excluding hydrogens is 729 g/mol. The monoisotopic (exact) mass is 744 g/mol. The average molecular weight is 744 g/mol. The first kappa shape index (κ1) is 42.1. The van der Waals surface area contributed by atoms with Crippen molar-refractivity contribution in [2.75, 3.05) is 46.7 Å². The first-order chi connectivity index (χ1) is 18.9. The van der Waals surface area contributed by atoms with Crippen molar-refractivity contribution in [3.63, 3.8) is 0 Å². The Morgan fingerprint density at radius 1 is 0.442 bits per heavy atom. The zero-order valence-corrected chi connectivity index (χ0v) is 22.9. The number of halogens is 18. The Bertz CT molecular complexity index is 954. The van der Waals surface area contributed by atoms with E-state index in [2.05, 4.69) is 40.9 Å². The molecule has 9 nitrogen and oxygen atoms in total. The molecule has 258 valence electrons. The second kappa shape index (κ2) is 15.6. The quantitative estimate of drug-likeness (QED) is 0.130. The zero-order chi connectivity index (χ0) is 34.2. The molecule has 0 amide bonds. The molecule has 0 bridgehead atoms. The molecule has 0 aromatic rings. The van der Waals surface area contributed by atoms with Crippen LogP contribution in [0.15, 0.2) is 13.8 Å². The van der Waals surface area contributed by atoms with E-state index in [9.17, 15) is 79.0 Å². The molecule has 0 aliphatic carbocycles. The van der Waals surface area contributed by atoms with E-state index in [-0.39, 0.29) is 7.05 Å². The van der Waals surface area contributed by atoms with E-state index in [1.165, 1.54) is 0 Å². The van der Waals surface area contributed by atoms with Crippen LogP contribution in [-0.4, -0.2) is 83.7 Å². The molecule has 0 spiro atoms. The molecular formula is C13H15F18N3O6P3+. The van der Waals surface area contributed by atoms with Crippen LogP contribution in [-0.2, 0) is 27.1 Å². The molecule has 30 heteroatoms. The molecule has 0 aliphatic rings. The minimum Gasteiger partial charge on any atom is -0.297 e. The summed E-state index contributed by atoms with van der Waals surface area (Å²) >= 11 is 0. The molecule has 0 radical (unpaired) electrons. The number of nitrogens with zero attached hydrogens (tertiary/aromatic N) is 3. The van der Waals surface area contributed by atoms with Crippen molar-refractivity contribution in [3.8, 4) is 0 Å². The summed E-state index contributed by atoms with van der Waals surface area (Å²) in [6.07, 6.45) is -33.4. The third-order valence-electron chi connectivity index (χ3n) is 2.93. The topological polar surface area (TPSA) is 92.5 Å². The lowest BCUT2D eigenvalue weighted by atomic mass is 10.7. The molecule has 0 heterocycles. The van der Waals surface area contributed by atoms with Gasteiger partial charge in [0.25, 0.3) is 0 Å². The lowest BCUT2D eigenvalue weighted by molar-refractivity contribution is -0.164. The van der Waals surface area contributed by atoms with Crippen LogP contribution in [0.2, 0.25) is 0 Å². The second-order valence-corrected chi connectivity index (χ2v) is 12.7. The largest absolute Gasteiger partial charge is 0.570 e. The predicted octanol–water partition coefficient (Wildman–Crippen LogP) is 9.48. The van der Waals surface area contributed by atoms with Crippen molar-refractivity contribution in [3.05, 3.63) is 0 Å². The molecule has 0 saturated heterocycles. The Balaban J connectivity index is 7.68. The van der Waals surface area contributed by atoms with Gasteiger partial charge >= 0.3 is 60.5 Å². The van der Waals surface area contributed by atoms with Crippen LogP contribution in [0.3, 0.4) is 0 Å². The van der Waals surface area contributed by atoms with Gasteiger partial charge in [-0.25, -0.2) is 4.74 Å². The third kappa shape index (κ3) is 22.3. The van der Waals surface area contributed by atoms with E-state index in [1.807, 2.05) is 0 Å². The van der Waals surface area contributed by atoms with Crippen molar-refractivity contribution in [1.82, 2.24) is 0 Å². The zero-order valence-electron chi connectivity index (χ0n) is 20.2. The third-order valence-corrected chi connectivity index (χ3v) is 9.29. The van der Waals surface area contributed by atoms with Gasteiger partial charge in [0.15, 0.2) is 39.6 Å². The molecule has 0 saturated carbocycles. The van der Waals surface area contributed by atoms with Gasteiger partial charge in [0.1, 0.15) is 0 Å². The van der Waals surface area contributed by atoms with E-state index >= 15 is 0 Å². The highest BCUT2D eigenvalue weighted by Crippen LogP contribution is 2.70. The fourth-order valence-electron chi connectivity index (χ4n) is 1.61. The predicted molar refractivity (Wildman–Crippen MR) is 106 cm³/mol. The Kier molecular flexibility index (Phi) is 15.2. The van der Waals surface area contributed by atoms with Gasteiger partial charge in [-0.15, -0.1) is 13.6 Å². The molecule has 0 atom stereocenters. The van der Waals surface area contributed by atoms with Crippen molar-refractivity contribution in [2.24, 2.45) is 13.8 Å². The highest BCUT2D eigenvalue weighted by atomic mass is 31.2. The molecule has 0 aromatic carbocycles. The highest BCUT2D eigenvalue weighted by Gasteiger charge is 2.47. The Morgan fingerprint density at radius 3 is 0.930 bits per heavy atom. The first-order valence-electron chi connectivity index (χ1n) is 9.80. The number of alkyl halides is 18. The van der Waals surface area contributed by atoms with Gasteiger partial charge in [0, 0.05) is 7.05 Å². The molecule has 0 fully saturated rings. The summed E-state index contributed by atoms with van der Waals surface area (Å²) < 4.78 is 262. The summed E-state index contributed by atoms with van der Waals surface area (Å²) in [7, 11) is -16.5. The van der Waals surface area contributed by atoms with E-state index < -0.39 is 100 Å². The van der Waals surface area contributed by atoms with Crippen LogP contribution < -0.4 is 0 Å². The second-order valence-electron chi connectivity index (χ2n) is 6.93. The van der Waals surface area contributed by atoms with Crippen molar-refractivity contribution in [1.29, 1.82) is 0 Å². The minimum atomic E-state index is -6.39. The summed E-state index contributed by atoms with van der Waals surface area (Å²) in [6, 6.07) is 0. The molecule has 0 N–H and O–H groups in total. The maximum atomic E-state index is 12.9. The van der Waals surface area contributed by atoms with Gasteiger partial charge in [-0.05, 0) is 0 Å². The maximum Gasteiger partial charge on any atom is 0.570 e. The van der Waals surface area contributed by atoms with Gasteiger partial charge in [-0.3, -0.25) is 18.1 Å². The van der Waals surface area contributed by atoms with Crippen LogP contribution in [0.4, 0.5) is 79.0 Å². The standard InChI is InChI=1S/C13H15F18N3O6P3/c1-32-42(37-4-10(20,21)22,38-5-11(23,24)25)34-43(39-6-12(26,27)28,40-7-13(29,30)31)33-41(35-2-8(14,15)16)36-3-9(17,18)19/h2-7H2,1H3/q+1. The molecule has 43 heavy (non-hydrogen) atoms. The Hall–Kier alpha value is -0.940. The molecule has 0 rings (SSSR count). The van der Waals surface area contributed by atoms with Crippen LogP contribution in [0, 0.1) is 0 Å². The summed E-state index contributed by atoms with van der Waals surface area (Å²) in [4.78, 5) is 0. The summed E-state index contributed by atoms with van der Waals surface area (Å²) in [5.41, 5.74) is 0. The highest BCUT2D eigenvalue weighted by molar-refractivity contribution is 7.69. The van der Waals surface area contributed by atoms with Crippen LogP contribution >= 0.6 is 23.5 Å².